The first kappa shape index (κ1) is 23.2. The first-order valence-corrected chi connectivity index (χ1v) is 14.4. The number of phenols is 1. The van der Waals surface area contributed by atoms with Crippen LogP contribution in [0.3, 0.4) is 0 Å². The van der Waals surface area contributed by atoms with Gasteiger partial charge in [-0.15, -0.1) is 0 Å². The van der Waals surface area contributed by atoms with Crippen molar-refractivity contribution in [3.8, 4) is 23.0 Å². The largest absolute Gasteiger partial charge is 0.544 e. The minimum Gasteiger partial charge on any atom is -0.544 e. The van der Waals surface area contributed by atoms with Crippen molar-refractivity contribution in [1.29, 1.82) is 0 Å². The van der Waals surface area contributed by atoms with E-state index in [1.165, 1.54) is 11.1 Å². The summed E-state index contributed by atoms with van der Waals surface area (Å²) in [4.78, 5) is 0. The predicted octanol–water partition coefficient (Wildman–Crippen LogP) is 7.09. The Kier molecular flexibility index (Phi) is 6.19. The normalized spacial score (nSPS) is 18.2. The summed E-state index contributed by atoms with van der Waals surface area (Å²) in [5, 5.41) is 10.1. The van der Waals surface area contributed by atoms with E-state index >= 15 is 0 Å². The molecule has 0 aliphatic carbocycles. The van der Waals surface area contributed by atoms with Gasteiger partial charge in [-0.25, -0.2) is 0 Å². The Morgan fingerprint density at radius 1 is 0.879 bits per heavy atom. The molecule has 0 bridgehead atoms. The third-order valence-electron chi connectivity index (χ3n) is 7.12. The minimum absolute atomic E-state index is 0.104. The number of phenolic OH excluding ortho intramolecular Hbond substituents is 1. The van der Waals surface area contributed by atoms with Crippen molar-refractivity contribution in [3.63, 3.8) is 0 Å². The molecule has 4 rings (SSSR count). The Labute approximate surface area is 198 Å². The molecule has 0 saturated carbocycles. The van der Waals surface area contributed by atoms with Crippen LogP contribution in [0.4, 0.5) is 0 Å². The summed E-state index contributed by atoms with van der Waals surface area (Å²) < 4.78 is 18.0. The molecular weight excluding hydrogens is 428 g/mol. The number of hydrogen-bond acceptors (Lipinski definition) is 4. The monoisotopic (exact) mass is 462 g/mol. The summed E-state index contributed by atoms with van der Waals surface area (Å²) in [6.07, 6.45) is 0. The zero-order chi connectivity index (χ0) is 23.8. The van der Waals surface area contributed by atoms with Gasteiger partial charge in [-0.05, 0) is 59.6 Å². The van der Waals surface area contributed by atoms with Gasteiger partial charge in [-0.2, -0.15) is 0 Å². The van der Waals surface area contributed by atoms with Crippen molar-refractivity contribution >= 4 is 8.32 Å². The van der Waals surface area contributed by atoms with Crippen LogP contribution in [0.25, 0.3) is 0 Å². The third-order valence-corrected chi connectivity index (χ3v) is 11.5. The molecule has 0 saturated heterocycles. The average molecular weight is 463 g/mol. The van der Waals surface area contributed by atoms with Gasteiger partial charge in [-0.3, -0.25) is 0 Å². The molecule has 2 atom stereocenters. The van der Waals surface area contributed by atoms with E-state index in [9.17, 15) is 5.11 Å². The number of benzene rings is 3. The summed E-state index contributed by atoms with van der Waals surface area (Å²) in [6, 6.07) is 22.2. The maximum absolute atomic E-state index is 9.97. The van der Waals surface area contributed by atoms with E-state index in [-0.39, 0.29) is 22.6 Å². The van der Waals surface area contributed by atoms with Crippen LogP contribution in [-0.2, 0) is 0 Å². The quantitative estimate of drug-likeness (QED) is 0.411. The van der Waals surface area contributed by atoms with Crippen LogP contribution < -0.4 is 13.9 Å². The first-order valence-electron chi connectivity index (χ1n) is 11.5. The summed E-state index contributed by atoms with van der Waals surface area (Å²) >= 11 is 0. The second-order valence-electron chi connectivity index (χ2n) is 10.3. The van der Waals surface area contributed by atoms with Crippen LogP contribution in [0, 0.1) is 0 Å². The van der Waals surface area contributed by atoms with E-state index in [1.54, 1.807) is 19.2 Å². The van der Waals surface area contributed by atoms with Gasteiger partial charge in [0.15, 0.2) is 0 Å². The standard InChI is InChI=1S/C28H34O4Si/c1-28(2,3)33(5,6)32-23-14-7-19(8-15-23)25-18-31-26-17-21(29)11-16-24(26)27(25)20-9-12-22(30-4)13-10-20/h7-17,25,27,29H,18H2,1-6H3. The molecule has 1 aliphatic rings. The fraction of sp³-hybridized carbons (Fsp3) is 0.357. The second kappa shape index (κ2) is 8.79. The van der Waals surface area contributed by atoms with E-state index in [4.69, 9.17) is 13.9 Å². The van der Waals surface area contributed by atoms with Crippen molar-refractivity contribution in [2.45, 2.75) is 50.7 Å². The van der Waals surface area contributed by atoms with Crippen LogP contribution in [-0.4, -0.2) is 27.1 Å². The van der Waals surface area contributed by atoms with Crippen molar-refractivity contribution in [2.75, 3.05) is 13.7 Å². The lowest BCUT2D eigenvalue weighted by molar-refractivity contribution is 0.247. The lowest BCUT2D eigenvalue weighted by atomic mass is 9.76. The van der Waals surface area contributed by atoms with Crippen LogP contribution in [0.2, 0.25) is 18.1 Å². The number of ether oxygens (including phenoxy) is 2. The molecule has 0 spiro atoms. The van der Waals surface area contributed by atoms with Gasteiger partial charge in [0.05, 0.1) is 13.7 Å². The van der Waals surface area contributed by atoms with E-state index in [0.717, 1.165) is 22.8 Å². The van der Waals surface area contributed by atoms with Gasteiger partial charge in [0, 0.05) is 23.5 Å². The summed E-state index contributed by atoms with van der Waals surface area (Å²) in [5.74, 6) is 2.95. The number of fused-ring (bicyclic) bond motifs is 1. The maximum atomic E-state index is 9.97. The lowest BCUT2D eigenvalue weighted by Gasteiger charge is -2.37. The molecule has 1 N–H and O–H groups in total. The fourth-order valence-corrected chi connectivity index (χ4v) is 5.17. The summed E-state index contributed by atoms with van der Waals surface area (Å²) in [6.45, 7) is 11.8. The predicted molar refractivity (Wildman–Crippen MR) is 135 cm³/mol. The van der Waals surface area contributed by atoms with E-state index < -0.39 is 8.32 Å². The van der Waals surface area contributed by atoms with Gasteiger partial charge in [0.25, 0.3) is 0 Å². The first-order chi connectivity index (χ1) is 15.6. The Hall–Kier alpha value is -2.92. The number of hydrogen-bond donors (Lipinski definition) is 1. The molecule has 3 aromatic carbocycles. The fourth-order valence-electron chi connectivity index (χ4n) is 4.14. The van der Waals surface area contributed by atoms with Crippen LogP contribution in [0.15, 0.2) is 66.7 Å². The minimum atomic E-state index is -1.89. The third kappa shape index (κ3) is 4.74. The maximum Gasteiger partial charge on any atom is 0.250 e. The molecule has 0 amide bonds. The summed E-state index contributed by atoms with van der Waals surface area (Å²) in [7, 11) is -0.213. The molecule has 0 fully saturated rings. The summed E-state index contributed by atoms with van der Waals surface area (Å²) in [5.41, 5.74) is 3.48. The number of methoxy groups -OCH3 is 1. The Morgan fingerprint density at radius 2 is 1.48 bits per heavy atom. The van der Waals surface area contributed by atoms with E-state index in [2.05, 4.69) is 70.3 Å². The molecular formula is C28H34O4Si. The molecule has 5 heteroatoms. The molecule has 3 aromatic rings. The highest BCUT2D eigenvalue weighted by Gasteiger charge is 2.39. The highest BCUT2D eigenvalue weighted by molar-refractivity contribution is 6.74. The molecule has 0 radical (unpaired) electrons. The van der Waals surface area contributed by atoms with Crippen molar-refractivity contribution in [3.05, 3.63) is 83.4 Å². The Bertz CT molecular complexity index is 1100. The average Bonchev–Trinajstić information content (AvgIpc) is 2.78. The number of rotatable bonds is 5. The lowest BCUT2D eigenvalue weighted by Crippen LogP contribution is -2.43. The van der Waals surface area contributed by atoms with E-state index in [1.807, 2.05) is 18.2 Å². The number of aromatic hydroxyl groups is 1. The smallest absolute Gasteiger partial charge is 0.250 e. The molecule has 174 valence electrons. The highest BCUT2D eigenvalue weighted by atomic mass is 28.4. The zero-order valence-corrected chi connectivity index (χ0v) is 21.4. The molecule has 0 aromatic heterocycles. The topological polar surface area (TPSA) is 47.9 Å². The van der Waals surface area contributed by atoms with E-state index in [0.29, 0.717) is 6.61 Å². The van der Waals surface area contributed by atoms with Gasteiger partial charge < -0.3 is 19.0 Å². The second-order valence-corrected chi connectivity index (χ2v) is 15.0. The SMILES string of the molecule is COc1ccc(C2c3ccc(O)cc3OCC2c2ccc(O[Si](C)(C)C(C)(C)C)cc2)cc1. The molecule has 2 unspecified atom stereocenters. The van der Waals surface area contributed by atoms with Crippen LogP contribution >= 0.6 is 0 Å². The van der Waals surface area contributed by atoms with Gasteiger partial charge >= 0.3 is 0 Å². The molecule has 33 heavy (non-hydrogen) atoms. The zero-order valence-electron chi connectivity index (χ0n) is 20.4. The van der Waals surface area contributed by atoms with Crippen LogP contribution in [0.5, 0.6) is 23.0 Å². The molecule has 1 aliphatic heterocycles. The van der Waals surface area contributed by atoms with Gasteiger partial charge in [0.2, 0.25) is 8.32 Å². The Morgan fingerprint density at radius 3 is 2.09 bits per heavy atom. The van der Waals surface area contributed by atoms with Gasteiger partial charge in [-0.1, -0.05) is 51.1 Å². The van der Waals surface area contributed by atoms with Gasteiger partial charge in [0.1, 0.15) is 23.0 Å². The molecule has 1 heterocycles. The highest BCUT2D eigenvalue weighted by Crippen LogP contribution is 2.47. The van der Waals surface area contributed by atoms with Crippen LogP contribution in [0.1, 0.15) is 49.3 Å². The molecule has 4 nitrogen and oxygen atoms in total. The van der Waals surface area contributed by atoms with Crippen molar-refractivity contribution in [1.82, 2.24) is 0 Å². The van der Waals surface area contributed by atoms with Crippen molar-refractivity contribution in [2.24, 2.45) is 0 Å². The van der Waals surface area contributed by atoms with Crippen molar-refractivity contribution < 1.29 is 19.0 Å². The Balaban J connectivity index is 1.68.